The fraction of sp³-hybridized carbons (Fsp3) is 0.562. The largest absolute Gasteiger partial charge is 0.384 e. The molecule has 1 aliphatic heterocycles. The van der Waals surface area contributed by atoms with E-state index in [9.17, 15) is 4.79 Å². The molecule has 0 spiro atoms. The van der Waals surface area contributed by atoms with Crippen molar-refractivity contribution in [3.63, 3.8) is 0 Å². The summed E-state index contributed by atoms with van der Waals surface area (Å²) in [5.74, 6) is 0.0803. The third kappa shape index (κ3) is 4.32. The molecule has 0 radical (unpaired) electrons. The molecule has 4 heteroatoms. The van der Waals surface area contributed by atoms with Crippen molar-refractivity contribution in [2.75, 3.05) is 25.6 Å². The van der Waals surface area contributed by atoms with Crippen LogP contribution in [0.1, 0.15) is 31.2 Å². The third-order valence-electron chi connectivity index (χ3n) is 3.73. The fourth-order valence-corrected chi connectivity index (χ4v) is 2.54. The number of carbonyl (C=O) groups excluding carboxylic acids is 1. The molecular formula is C16H24N2O2. The number of carbonyl (C=O) groups is 1. The van der Waals surface area contributed by atoms with Crippen molar-refractivity contribution in [2.45, 2.75) is 38.1 Å². The van der Waals surface area contributed by atoms with Crippen molar-refractivity contribution in [3.05, 3.63) is 29.8 Å². The first-order chi connectivity index (χ1) is 9.81. The lowest BCUT2D eigenvalue weighted by Crippen LogP contribution is -2.40. The van der Waals surface area contributed by atoms with Crippen LogP contribution in [0.3, 0.4) is 0 Å². The molecule has 0 aliphatic carbocycles. The van der Waals surface area contributed by atoms with Crippen molar-refractivity contribution in [1.82, 2.24) is 5.32 Å². The van der Waals surface area contributed by atoms with Gasteiger partial charge in [-0.3, -0.25) is 4.79 Å². The molecule has 20 heavy (non-hydrogen) atoms. The Kier molecular flexibility index (Phi) is 6.02. The second-order valence-electron chi connectivity index (χ2n) is 5.25. The predicted molar refractivity (Wildman–Crippen MR) is 80.9 cm³/mol. The maximum absolute atomic E-state index is 12.3. The minimum absolute atomic E-state index is 0.0621. The van der Waals surface area contributed by atoms with Crippen LogP contribution in [-0.4, -0.2) is 32.2 Å². The highest BCUT2D eigenvalue weighted by atomic mass is 16.5. The molecule has 0 saturated carbocycles. The van der Waals surface area contributed by atoms with Gasteiger partial charge in [0.2, 0.25) is 5.91 Å². The second-order valence-corrected chi connectivity index (χ2v) is 5.25. The number of anilines is 1. The van der Waals surface area contributed by atoms with Crippen molar-refractivity contribution in [3.8, 4) is 0 Å². The smallest absolute Gasteiger partial charge is 0.241 e. The van der Waals surface area contributed by atoms with Gasteiger partial charge in [0.15, 0.2) is 0 Å². The SMILES string of the molecule is COCCc1ccccc1NC(=O)C1CCCCCN1. The van der Waals surface area contributed by atoms with Crippen LogP contribution in [0.4, 0.5) is 5.69 Å². The van der Waals surface area contributed by atoms with Gasteiger partial charge >= 0.3 is 0 Å². The van der Waals surface area contributed by atoms with Gasteiger partial charge in [0.1, 0.15) is 0 Å². The van der Waals surface area contributed by atoms with Gasteiger partial charge in [0, 0.05) is 12.8 Å². The summed E-state index contributed by atoms with van der Waals surface area (Å²) in [5, 5.41) is 6.39. The van der Waals surface area contributed by atoms with Crippen LogP contribution in [0.2, 0.25) is 0 Å². The lowest BCUT2D eigenvalue weighted by Gasteiger charge is -2.17. The minimum Gasteiger partial charge on any atom is -0.384 e. The normalized spacial score (nSPS) is 19.4. The van der Waals surface area contributed by atoms with Gasteiger partial charge < -0.3 is 15.4 Å². The lowest BCUT2D eigenvalue weighted by molar-refractivity contribution is -0.118. The quantitative estimate of drug-likeness (QED) is 0.868. The highest BCUT2D eigenvalue weighted by Crippen LogP contribution is 2.17. The number of ether oxygens (including phenoxy) is 1. The molecule has 1 saturated heterocycles. The summed E-state index contributed by atoms with van der Waals surface area (Å²) >= 11 is 0. The number of methoxy groups -OCH3 is 1. The average molecular weight is 276 g/mol. The van der Waals surface area contributed by atoms with Crippen LogP contribution in [0.5, 0.6) is 0 Å². The van der Waals surface area contributed by atoms with Crippen molar-refractivity contribution in [1.29, 1.82) is 0 Å². The number of hydrogen-bond donors (Lipinski definition) is 2. The molecule has 1 heterocycles. The summed E-state index contributed by atoms with van der Waals surface area (Å²) in [6, 6.07) is 7.87. The summed E-state index contributed by atoms with van der Waals surface area (Å²) in [5.41, 5.74) is 2.02. The molecule has 0 aromatic heterocycles. The highest BCUT2D eigenvalue weighted by Gasteiger charge is 2.20. The zero-order valence-corrected chi connectivity index (χ0v) is 12.2. The van der Waals surface area contributed by atoms with E-state index in [4.69, 9.17) is 4.74 Å². The zero-order valence-electron chi connectivity index (χ0n) is 12.2. The molecule has 1 unspecified atom stereocenters. The van der Waals surface area contributed by atoms with Gasteiger partial charge in [-0.15, -0.1) is 0 Å². The van der Waals surface area contributed by atoms with Crippen LogP contribution in [0.15, 0.2) is 24.3 Å². The molecular weight excluding hydrogens is 252 g/mol. The first kappa shape index (κ1) is 15.0. The van der Waals surface area contributed by atoms with Crippen LogP contribution in [-0.2, 0) is 16.0 Å². The van der Waals surface area contributed by atoms with E-state index in [0.717, 1.165) is 43.5 Å². The van der Waals surface area contributed by atoms with E-state index in [1.54, 1.807) is 7.11 Å². The van der Waals surface area contributed by atoms with E-state index in [1.807, 2.05) is 24.3 Å². The van der Waals surface area contributed by atoms with Crippen LogP contribution in [0, 0.1) is 0 Å². The molecule has 2 N–H and O–H groups in total. The molecule has 1 amide bonds. The van der Waals surface area contributed by atoms with Crippen LogP contribution >= 0.6 is 0 Å². The topological polar surface area (TPSA) is 50.4 Å². The number of para-hydroxylation sites is 1. The Morgan fingerprint density at radius 2 is 2.20 bits per heavy atom. The van der Waals surface area contributed by atoms with E-state index >= 15 is 0 Å². The molecule has 0 bridgehead atoms. The summed E-state index contributed by atoms with van der Waals surface area (Å²) in [7, 11) is 1.69. The van der Waals surface area contributed by atoms with Crippen molar-refractivity contribution < 1.29 is 9.53 Å². The molecule has 1 aromatic rings. The molecule has 1 aromatic carbocycles. The summed E-state index contributed by atoms with van der Waals surface area (Å²) in [6.45, 7) is 1.60. The molecule has 2 rings (SSSR count). The minimum atomic E-state index is -0.0621. The van der Waals surface area contributed by atoms with Gasteiger partial charge in [0.25, 0.3) is 0 Å². The number of hydrogen-bond acceptors (Lipinski definition) is 3. The standard InChI is InChI=1S/C16H24N2O2/c1-20-12-10-13-7-4-5-8-14(13)18-16(19)15-9-3-2-6-11-17-15/h4-5,7-8,15,17H,2-3,6,9-12H2,1H3,(H,18,19). The molecule has 4 nitrogen and oxygen atoms in total. The number of benzene rings is 1. The zero-order chi connectivity index (χ0) is 14.2. The predicted octanol–water partition coefficient (Wildman–Crippen LogP) is 2.35. The van der Waals surface area contributed by atoms with E-state index in [2.05, 4.69) is 10.6 Å². The summed E-state index contributed by atoms with van der Waals surface area (Å²) in [4.78, 5) is 12.3. The van der Waals surface area contributed by atoms with Gasteiger partial charge in [-0.25, -0.2) is 0 Å². The highest BCUT2D eigenvalue weighted by molar-refractivity contribution is 5.95. The molecule has 1 fully saturated rings. The van der Waals surface area contributed by atoms with Gasteiger partial charge in [-0.1, -0.05) is 31.0 Å². The Bertz CT molecular complexity index is 426. The molecule has 110 valence electrons. The maximum Gasteiger partial charge on any atom is 0.241 e. The monoisotopic (exact) mass is 276 g/mol. The van der Waals surface area contributed by atoms with Crippen LogP contribution in [0.25, 0.3) is 0 Å². The third-order valence-corrected chi connectivity index (χ3v) is 3.73. The summed E-state index contributed by atoms with van der Waals surface area (Å²) < 4.78 is 5.11. The first-order valence-electron chi connectivity index (χ1n) is 7.42. The first-order valence-corrected chi connectivity index (χ1v) is 7.42. The Morgan fingerprint density at radius 1 is 1.35 bits per heavy atom. The Labute approximate surface area is 120 Å². The number of amides is 1. The molecule has 1 atom stereocenters. The van der Waals surface area contributed by atoms with Crippen molar-refractivity contribution in [2.24, 2.45) is 0 Å². The van der Waals surface area contributed by atoms with Gasteiger partial charge in [-0.2, -0.15) is 0 Å². The van der Waals surface area contributed by atoms with E-state index in [0.29, 0.717) is 6.61 Å². The lowest BCUT2D eigenvalue weighted by atomic mass is 10.1. The molecule has 1 aliphatic rings. The Hall–Kier alpha value is -1.39. The Morgan fingerprint density at radius 3 is 3.05 bits per heavy atom. The van der Waals surface area contributed by atoms with Crippen LogP contribution < -0.4 is 10.6 Å². The number of nitrogens with one attached hydrogen (secondary N) is 2. The summed E-state index contributed by atoms with van der Waals surface area (Å²) in [6.07, 6.45) is 5.23. The van der Waals surface area contributed by atoms with Gasteiger partial charge in [-0.05, 0) is 37.4 Å². The maximum atomic E-state index is 12.3. The fourth-order valence-electron chi connectivity index (χ4n) is 2.54. The van der Waals surface area contributed by atoms with E-state index < -0.39 is 0 Å². The number of rotatable bonds is 5. The van der Waals surface area contributed by atoms with Crippen molar-refractivity contribution >= 4 is 11.6 Å². The van der Waals surface area contributed by atoms with E-state index in [-0.39, 0.29) is 11.9 Å². The Balaban J connectivity index is 1.99. The second kappa shape index (κ2) is 8.02. The van der Waals surface area contributed by atoms with E-state index in [1.165, 1.54) is 6.42 Å². The average Bonchev–Trinajstić information content (AvgIpc) is 2.75. The van der Waals surface area contributed by atoms with Gasteiger partial charge in [0.05, 0.1) is 12.6 Å².